The van der Waals surface area contributed by atoms with Crippen LogP contribution in [0.2, 0.25) is 0 Å². The lowest BCUT2D eigenvalue weighted by atomic mass is 9.98. The second-order valence-electron chi connectivity index (χ2n) is 18.0. The molecule has 11 atom stereocenters. The van der Waals surface area contributed by atoms with E-state index in [1.807, 2.05) is 0 Å². The Kier molecular flexibility index (Phi) is 35.0. The van der Waals surface area contributed by atoms with E-state index in [0.717, 1.165) is 70.6 Å². The van der Waals surface area contributed by atoms with Gasteiger partial charge in [-0.05, 0) is 44.9 Å². The molecule has 15 nitrogen and oxygen atoms in total. The Morgan fingerprint density at radius 2 is 0.955 bits per heavy atom. The van der Waals surface area contributed by atoms with E-state index in [4.69, 9.17) is 28.4 Å². The monoisotopic (exact) mass is 943 g/mol. The Morgan fingerprint density at radius 1 is 0.500 bits per heavy atom. The topological polar surface area (TPSA) is 231 Å². The van der Waals surface area contributed by atoms with Gasteiger partial charge in [0.2, 0.25) is 0 Å². The Labute approximate surface area is 395 Å². The summed E-state index contributed by atoms with van der Waals surface area (Å²) in [5.74, 6) is -0.940. The van der Waals surface area contributed by atoms with Crippen molar-refractivity contribution < 1.29 is 73.8 Å². The molecule has 0 bridgehead atoms. The molecule has 0 aliphatic carbocycles. The molecule has 0 aromatic heterocycles. The average molecular weight is 943 g/mol. The summed E-state index contributed by atoms with van der Waals surface area (Å²) in [6.45, 7) is 2.47. The van der Waals surface area contributed by atoms with Crippen molar-refractivity contribution in [2.24, 2.45) is 0 Å². The van der Waals surface area contributed by atoms with Crippen LogP contribution in [-0.4, -0.2) is 142 Å². The number of unbranched alkanes of at least 4 members (excludes halogenated alkanes) is 19. The van der Waals surface area contributed by atoms with Gasteiger partial charge in [-0.15, -0.1) is 0 Å². The molecule has 2 aliphatic heterocycles. The summed E-state index contributed by atoms with van der Waals surface area (Å²) in [4.78, 5) is 25.7. The summed E-state index contributed by atoms with van der Waals surface area (Å²) in [7, 11) is 0. The molecule has 2 rings (SSSR count). The van der Waals surface area contributed by atoms with E-state index >= 15 is 0 Å². The molecule has 2 fully saturated rings. The van der Waals surface area contributed by atoms with E-state index in [-0.39, 0.29) is 26.1 Å². The van der Waals surface area contributed by atoms with Gasteiger partial charge in [-0.3, -0.25) is 9.59 Å². The summed E-state index contributed by atoms with van der Waals surface area (Å²) in [5, 5.41) is 72.0. The standard InChI is InChI=1S/C51H90O15/c1-3-5-7-9-11-13-15-17-19-21-23-25-27-29-31-33-42(53)61-36-39(64-43(54)34-32-30-28-26-24-22-20-18-16-14-12-10-8-6-4-2)37-62-50-49(60)47(58)45(56)41(66-50)38-63-51-48(59)46(57)44(55)40(35-52)65-51/h5,7,11,13,17,19,39-41,44-52,55-60H,3-4,6,8-10,12,14-16,18,20-38H2,1-2H3. The second kappa shape index (κ2) is 38.6. The maximum absolute atomic E-state index is 13.0. The molecule has 2 saturated heterocycles. The lowest BCUT2D eigenvalue weighted by molar-refractivity contribution is -0.332. The highest BCUT2D eigenvalue weighted by Gasteiger charge is 2.47. The Bertz CT molecular complexity index is 1290. The van der Waals surface area contributed by atoms with Gasteiger partial charge in [-0.25, -0.2) is 0 Å². The Hall–Kier alpha value is -2.28. The molecule has 0 amide bonds. The van der Waals surface area contributed by atoms with Gasteiger partial charge < -0.3 is 64.2 Å². The summed E-state index contributed by atoms with van der Waals surface area (Å²) in [6.07, 6.45) is 23.1. The van der Waals surface area contributed by atoms with Crippen LogP contribution >= 0.6 is 0 Å². The summed E-state index contributed by atoms with van der Waals surface area (Å²) < 4.78 is 33.6. The fraction of sp³-hybridized carbons (Fsp3) is 0.843. The minimum Gasteiger partial charge on any atom is -0.462 e. The Balaban J connectivity index is 1.82. The third-order valence-corrected chi connectivity index (χ3v) is 12.1. The molecule has 0 radical (unpaired) electrons. The number of aliphatic hydroxyl groups is 7. The normalized spacial score (nSPS) is 26.4. The van der Waals surface area contributed by atoms with Crippen LogP contribution in [0.5, 0.6) is 0 Å². The quantitative estimate of drug-likeness (QED) is 0.0188. The van der Waals surface area contributed by atoms with Crippen molar-refractivity contribution in [1.82, 2.24) is 0 Å². The maximum Gasteiger partial charge on any atom is 0.306 e. The lowest BCUT2D eigenvalue weighted by Gasteiger charge is -2.42. The number of esters is 2. The van der Waals surface area contributed by atoms with Crippen LogP contribution in [0.25, 0.3) is 0 Å². The first kappa shape index (κ1) is 59.8. The van der Waals surface area contributed by atoms with E-state index in [2.05, 4.69) is 50.3 Å². The SMILES string of the molecule is CCC=CCC=CCC=CCCCCCCCC(=O)OCC(COC1OC(COC2OC(CO)C(O)C(O)C2O)C(O)C(O)C1O)OC(=O)CCCCCCCCCCCCCCCCC. The average Bonchev–Trinajstić information content (AvgIpc) is 3.31. The number of rotatable bonds is 39. The van der Waals surface area contributed by atoms with Crippen molar-refractivity contribution in [3.63, 3.8) is 0 Å². The van der Waals surface area contributed by atoms with Gasteiger partial charge in [0, 0.05) is 12.8 Å². The van der Waals surface area contributed by atoms with Crippen molar-refractivity contribution in [3.8, 4) is 0 Å². The predicted molar refractivity (Wildman–Crippen MR) is 252 cm³/mol. The highest BCUT2D eigenvalue weighted by Crippen LogP contribution is 2.26. The number of ether oxygens (including phenoxy) is 6. The molecule has 66 heavy (non-hydrogen) atoms. The minimum absolute atomic E-state index is 0.164. The fourth-order valence-electron chi connectivity index (χ4n) is 7.94. The minimum atomic E-state index is -1.77. The van der Waals surface area contributed by atoms with E-state index in [1.54, 1.807) is 0 Å². The largest absolute Gasteiger partial charge is 0.462 e. The van der Waals surface area contributed by atoms with Gasteiger partial charge in [0.25, 0.3) is 0 Å². The highest BCUT2D eigenvalue weighted by molar-refractivity contribution is 5.70. The number of carbonyl (C=O) groups excluding carboxylic acids is 2. The zero-order chi connectivity index (χ0) is 48.2. The molecule has 11 unspecified atom stereocenters. The Morgan fingerprint density at radius 3 is 1.50 bits per heavy atom. The van der Waals surface area contributed by atoms with Crippen LogP contribution in [0.1, 0.15) is 181 Å². The zero-order valence-corrected chi connectivity index (χ0v) is 40.4. The molecule has 0 aromatic carbocycles. The molecular formula is C51H90O15. The zero-order valence-electron chi connectivity index (χ0n) is 40.4. The third kappa shape index (κ3) is 26.5. The lowest BCUT2D eigenvalue weighted by Crippen LogP contribution is -2.61. The second-order valence-corrected chi connectivity index (χ2v) is 18.0. The molecule has 0 aromatic rings. The van der Waals surface area contributed by atoms with Gasteiger partial charge in [0.15, 0.2) is 18.7 Å². The molecule has 2 heterocycles. The van der Waals surface area contributed by atoms with Crippen LogP contribution in [-0.2, 0) is 38.0 Å². The molecule has 7 N–H and O–H groups in total. The molecule has 15 heteroatoms. The van der Waals surface area contributed by atoms with E-state index < -0.39 is 92.7 Å². The van der Waals surface area contributed by atoms with Crippen LogP contribution in [0.3, 0.4) is 0 Å². The van der Waals surface area contributed by atoms with Crippen LogP contribution < -0.4 is 0 Å². The van der Waals surface area contributed by atoms with Gasteiger partial charge in [0.1, 0.15) is 55.4 Å². The summed E-state index contributed by atoms with van der Waals surface area (Å²) >= 11 is 0. The van der Waals surface area contributed by atoms with Crippen molar-refractivity contribution >= 4 is 11.9 Å². The van der Waals surface area contributed by atoms with Crippen molar-refractivity contribution in [3.05, 3.63) is 36.5 Å². The first-order chi connectivity index (χ1) is 32.0. The van der Waals surface area contributed by atoms with E-state index in [1.165, 1.54) is 70.6 Å². The molecule has 2 aliphatic rings. The van der Waals surface area contributed by atoms with Crippen LogP contribution in [0.4, 0.5) is 0 Å². The molecule has 384 valence electrons. The fourth-order valence-corrected chi connectivity index (χ4v) is 7.94. The number of allylic oxidation sites excluding steroid dienone is 6. The van der Waals surface area contributed by atoms with Crippen molar-refractivity contribution in [2.75, 3.05) is 26.4 Å². The smallest absolute Gasteiger partial charge is 0.306 e. The highest BCUT2D eigenvalue weighted by atomic mass is 16.7. The number of carbonyl (C=O) groups is 2. The number of hydrogen-bond donors (Lipinski definition) is 7. The summed E-state index contributed by atoms with van der Waals surface area (Å²) in [6, 6.07) is 0. The molecule has 0 saturated carbocycles. The van der Waals surface area contributed by atoms with Gasteiger partial charge >= 0.3 is 11.9 Å². The van der Waals surface area contributed by atoms with Crippen LogP contribution in [0.15, 0.2) is 36.5 Å². The summed E-state index contributed by atoms with van der Waals surface area (Å²) in [5.41, 5.74) is 0. The van der Waals surface area contributed by atoms with E-state index in [0.29, 0.717) is 12.8 Å². The maximum atomic E-state index is 13.0. The third-order valence-electron chi connectivity index (χ3n) is 12.1. The molecular weight excluding hydrogens is 853 g/mol. The van der Waals surface area contributed by atoms with Gasteiger partial charge in [-0.2, -0.15) is 0 Å². The van der Waals surface area contributed by atoms with Gasteiger partial charge in [0.05, 0.1) is 19.8 Å². The van der Waals surface area contributed by atoms with E-state index in [9.17, 15) is 45.3 Å². The van der Waals surface area contributed by atoms with Crippen molar-refractivity contribution in [1.29, 1.82) is 0 Å². The first-order valence-corrected chi connectivity index (χ1v) is 25.6. The number of aliphatic hydroxyl groups excluding tert-OH is 7. The van der Waals surface area contributed by atoms with Gasteiger partial charge in [-0.1, -0.05) is 159 Å². The number of hydrogen-bond acceptors (Lipinski definition) is 15. The molecule has 0 spiro atoms. The van der Waals surface area contributed by atoms with Crippen LogP contribution in [0, 0.1) is 0 Å². The van der Waals surface area contributed by atoms with Crippen molar-refractivity contribution in [2.45, 2.75) is 248 Å². The predicted octanol–water partition coefficient (Wildman–Crippen LogP) is 6.93. The first-order valence-electron chi connectivity index (χ1n) is 25.6.